The van der Waals surface area contributed by atoms with Crippen LogP contribution in [-0.4, -0.2) is 53.1 Å². The molecular formula is C21H20ClF3N6O. The van der Waals surface area contributed by atoms with Gasteiger partial charge in [-0.2, -0.15) is 18.2 Å². The number of piperazine rings is 1. The van der Waals surface area contributed by atoms with Crippen LogP contribution in [-0.2, 0) is 6.18 Å². The first-order valence-electron chi connectivity index (χ1n) is 9.82. The van der Waals surface area contributed by atoms with Gasteiger partial charge in [0.2, 0.25) is 11.8 Å². The van der Waals surface area contributed by atoms with Crippen molar-refractivity contribution < 1.29 is 17.9 Å². The molecule has 3 aromatic rings. The topological polar surface area (TPSA) is 66.4 Å². The van der Waals surface area contributed by atoms with Crippen LogP contribution in [0.3, 0.4) is 0 Å². The fourth-order valence-electron chi connectivity index (χ4n) is 3.16. The molecule has 1 N–H and O–H groups in total. The second-order valence-electron chi connectivity index (χ2n) is 7.29. The van der Waals surface area contributed by atoms with Crippen molar-refractivity contribution >= 4 is 29.1 Å². The lowest BCUT2D eigenvalue weighted by Gasteiger charge is -2.33. The van der Waals surface area contributed by atoms with Gasteiger partial charge in [-0.15, -0.1) is 0 Å². The molecule has 0 aliphatic carbocycles. The summed E-state index contributed by atoms with van der Waals surface area (Å²) in [5.74, 6) is 0.546. The van der Waals surface area contributed by atoms with E-state index in [4.69, 9.17) is 16.3 Å². The maximum Gasteiger partial charge on any atom is 0.416 e. The number of pyridine rings is 1. The molecule has 0 bridgehead atoms. The molecule has 0 atom stereocenters. The quantitative estimate of drug-likeness (QED) is 0.580. The molecule has 168 valence electrons. The molecule has 1 fully saturated rings. The van der Waals surface area contributed by atoms with E-state index in [1.807, 2.05) is 6.07 Å². The Kier molecular flexibility index (Phi) is 6.33. The summed E-state index contributed by atoms with van der Waals surface area (Å²) >= 11 is 6.07. The van der Waals surface area contributed by atoms with Gasteiger partial charge in [0.15, 0.2) is 0 Å². The van der Waals surface area contributed by atoms with Crippen LogP contribution in [0.15, 0.2) is 48.8 Å². The molecule has 1 saturated heterocycles. The number of ether oxygens (including phenoxy) is 1. The van der Waals surface area contributed by atoms with Crippen molar-refractivity contribution in [3.05, 3.63) is 59.4 Å². The van der Waals surface area contributed by atoms with E-state index in [2.05, 4.69) is 37.1 Å². The molecule has 0 saturated carbocycles. The van der Waals surface area contributed by atoms with Gasteiger partial charge in [0.1, 0.15) is 16.6 Å². The molecule has 1 aliphatic heterocycles. The van der Waals surface area contributed by atoms with Crippen LogP contribution >= 0.6 is 11.6 Å². The standard InChI is InChI=1S/C21H20ClF3N6O/c1-30-7-9-31(10-8-30)15-5-6-18(26-12-15)28-20-27-13-17(22)19(29-20)32-16-4-2-3-14(11-16)21(23,24)25/h2-6,11-13H,7-10H2,1H3,(H,26,27,28,29). The second kappa shape index (κ2) is 9.17. The van der Waals surface area contributed by atoms with Gasteiger partial charge in [0.05, 0.1) is 23.6 Å². The fraction of sp³-hybridized carbons (Fsp3) is 0.286. The molecule has 4 rings (SSSR count). The minimum Gasteiger partial charge on any atom is -0.437 e. The number of anilines is 3. The van der Waals surface area contributed by atoms with E-state index >= 15 is 0 Å². The normalized spacial score (nSPS) is 15.0. The highest BCUT2D eigenvalue weighted by atomic mass is 35.5. The first-order chi connectivity index (χ1) is 15.3. The zero-order valence-electron chi connectivity index (χ0n) is 17.1. The van der Waals surface area contributed by atoms with E-state index in [1.165, 1.54) is 18.3 Å². The summed E-state index contributed by atoms with van der Waals surface area (Å²) in [4.78, 5) is 17.2. The predicted molar refractivity (Wildman–Crippen MR) is 116 cm³/mol. The highest BCUT2D eigenvalue weighted by Gasteiger charge is 2.30. The highest BCUT2D eigenvalue weighted by molar-refractivity contribution is 6.31. The van der Waals surface area contributed by atoms with Gasteiger partial charge in [0, 0.05) is 26.2 Å². The van der Waals surface area contributed by atoms with E-state index in [0.29, 0.717) is 5.82 Å². The van der Waals surface area contributed by atoms with Crippen molar-refractivity contribution in [3.63, 3.8) is 0 Å². The Morgan fingerprint density at radius 3 is 2.50 bits per heavy atom. The zero-order chi connectivity index (χ0) is 22.7. The average molecular weight is 465 g/mol. The minimum atomic E-state index is -4.48. The Labute approximate surface area is 187 Å². The summed E-state index contributed by atoms with van der Waals surface area (Å²) in [6, 6.07) is 8.23. The Balaban J connectivity index is 1.46. The zero-order valence-corrected chi connectivity index (χ0v) is 17.9. The number of hydrogen-bond donors (Lipinski definition) is 1. The van der Waals surface area contributed by atoms with Crippen molar-refractivity contribution in [2.24, 2.45) is 0 Å². The summed E-state index contributed by atoms with van der Waals surface area (Å²) in [6.07, 6.45) is -1.41. The number of rotatable bonds is 5. The summed E-state index contributed by atoms with van der Waals surface area (Å²) in [5, 5.41) is 3.01. The van der Waals surface area contributed by atoms with Gasteiger partial charge >= 0.3 is 6.18 Å². The van der Waals surface area contributed by atoms with Gasteiger partial charge in [-0.05, 0) is 37.4 Å². The van der Waals surface area contributed by atoms with Crippen LogP contribution < -0.4 is 15.0 Å². The SMILES string of the molecule is CN1CCN(c2ccc(Nc3ncc(Cl)c(Oc4cccc(C(F)(F)F)c4)n3)nc2)CC1. The number of alkyl halides is 3. The van der Waals surface area contributed by atoms with Gasteiger partial charge in [0.25, 0.3) is 0 Å². The lowest BCUT2D eigenvalue weighted by molar-refractivity contribution is -0.137. The van der Waals surface area contributed by atoms with Crippen molar-refractivity contribution in [2.75, 3.05) is 43.4 Å². The smallest absolute Gasteiger partial charge is 0.416 e. The van der Waals surface area contributed by atoms with Crippen LogP contribution in [0.5, 0.6) is 11.6 Å². The maximum absolute atomic E-state index is 12.9. The van der Waals surface area contributed by atoms with E-state index in [9.17, 15) is 13.2 Å². The summed E-state index contributed by atoms with van der Waals surface area (Å²) in [6.45, 7) is 3.85. The number of nitrogens with one attached hydrogen (secondary N) is 1. The lowest BCUT2D eigenvalue weighted by Crippen LogP contribution is -2.44. The van der Waals surface area contributed by atoms with Crippen LogP contribution in [0.2, 0.25) is 5.02 Å². The number of aromatic nitrogens is 3. The Hall–Kier alpha value is -3.11. The predicted octanol–water partition coefficient (Wildman–Crippen LogP) is 4.83. The molecule has 1 aromatic carbocycles. The highest BCUT2D eigenvalue weighted by Crippen LogP contribution is 2.34. The minimum absolute atomic E-state index is 0.0407. The van der Waals surface area contributed by atoms with Gasteiger partial charge < -0.3 is 19.9 Å². The van der Waals surface area contributed by atoms with Crippen LogP contribution in [0.25, 0.3) is 0 Å². The largest absolute Gasteiger partial charge is 0.437 e. The van der Waals surface area contributed by atoms with Gasteiger partial charge in [-0.3, -0.25) is 0 Å². The molecule has 11 heteroatoms. The molecule has 0 unspecified atom stereocenters. The van der Waals surface area contributed by atoms with Gasteiger partial charge in [-0.25, -0.2) is 9.97 Å². The molecule has 0 radical (unpaired) electrons. The molecule has 2 aromatic heterocycles. The van der Waals surface area contributed by atoms with Crippen molar-refractivity contribution in [1.82, 2.24) is 19.9 Å². The number of likely N-dealkylation sites (N-methyl/N-ethyl adjacent to an activating group) is 1. The fourth-order valence-corrected chi connectivity index (χ4v) is 3.29. The number of hydrogen-bond acceptors (Lipinski definition) is 7. The Morgan fingerprint density at radius 2 is 1.81 bits per heavy atom. The summed E-state index contributed by atoms with van der Waals surface area (Å²) in [7, 11) is 2.10. The first-order valence-corrected chi connectivity index (χ1v) is 10.2. The molecular weight excluding hydrogens is 445 g/mol. The first kappa shape index (κ1) is 22.1. The van der Waals surface area contributed by atoms with Crippen molar-refractivity contribution in [3.8, 4) is 11.6 Å². The van der Waals surface area contributed by atoms with E-state index < -0.39 is 11.7 Å². The van der Waals surface area contributed by atoms with E-state index in [1.54, 1.807) is 12.3 Å². The number of nitrogens with zero attached hydrogens (tertiary/aromatic N) is 5. The van der Waals surface area contributed by atoms with Crippen molar-refractivity contribution in [1.29, 1.82) is 0 Å². The molecule has 0 spiro atoms. The average Bonchev–Trinajstić information content (AvgIpc) is 2.77. The van der Waals surface area contributed by atoms with E-state index in [0.717, 1.165) is 44.0 Å². The molecule has 1 aliphatic rings. The van der Waals surface area contributed by atoms with Gasteiger partial charge in [-0.1, -0.05) is 17.7 Å². The number of benzene rings is 1. The monoisotopic (exact) mass is 464 g/mol. The van der Waals surface area contributed by atoms with Crippen molar-refractivity contribution in [2.45, 2.75) is 6.18 Å². The third-order valence-electron chi connectivity index (χ3n) is 4.94. The molecule has 3 heterocycles. The van der Waals surface area contributed by atoms with E-state index in [-0.39, 0.29) is 22.6 Å². The summed E-state index contributed by atoms with van der Waals surface area (Å²) in [5.41, 5.74) is 0.192. The third-order valence-corrected chi connectivity index (χ3v) is 5.20. The lowest BCUT2D eigenvalue weighted by atomic mass is 10.2. The Bertz CT molecular complexity index is 1070. The molecule has 7 nitrogen and oxygen atoms in total. The maximum atomic E-state index is 12.9. The van der Waals surface area contributed by atoms with Crippen LogP contribution in [0, 0.1) is 0 Å². The third kappa shape index (κ3) is 5.38. The number of halogens is 4. The molecule has 0 amide bonds. The Morgan fingerprint density at radius 1 is 1.03 bits per heavy atom. The molecule has 32 heavy (non-hydrogen) atoms. The van der Waals surface area contributed by atoms with Crippen LogP contribution in [0.1, 0.15) is 5.56 Å². The second-order valence-corrected chi connectivity index (χ2v) is 7.70. The van der Waals surface area contributed by atoms with Crippen LogP contribution in [0.4, 0.5) is 30.6 Å². The summed E-state index contributed by atoms with van der Waals surface area (Å²) < 4.78 is 44.3.